The third-order valence-corrected chi connectivity index (χ3v) is 3.23. The fraction of sp³-hybridized carbons (Fsp3) is 0.429. The number of nitrogens with one attached hydrogen (secondary N) is 2. The summed E-state index contributed by atoms with van der Waals surface area (Å²) in [5.74, 6) is -0.287. The van der Waals surface area contributed by atoms with Crippen LogP contribution in [0, 0.1) is 0 Å². The summed E-state index contributed by atoms with van der Waals surface area (Å²) in [6, 6.07) is 4.88. The molecular formula is C14H18N2O4. The van der Waals surface area contributed by atoms with Crippen LogP contribution in [0.1, 0.15) is 22.8 Å². The van der Waals surface area contributed by atoms with Gasteiger partial charge in [-0.2, -0.15) is 0 Å². The van der Waals surface area contributed by atoms with Gasteiger partial charge < -0.3 is 20.1 Å². The largest absolute Gasteiger partial charge is 0.354 e. The Morgan fingerprint density at radius 2 is 2.05 bits per heavy atom. The molecule has 0 saturated heterocycles. The Balaban J connectivity index is 2.07. The molecule has 108 valence electrons. The number of hydrogen-bond donors (Lipinski definition) is 2. The van der Waals surface area contributed by atoms with Crippen molar-refractivity contribution in [3.8, 4) is 0 Å². The fourth-order valence-electron chi connectivity index (χ4n) is 2.22. The molecule has 1 aliphatic heterocycles. The number of hydrogen-bond acceptors (Lipinski definition) is 4. The maximum atomic E-state index is 12.1. The highest BCUT2D eigenvalue weighted by Crippen LogP contribution is 2.24. The molecule has 6 nitrogen and oxygen atoms in total. The molecule has 0 spiro atoms. The first kappa shape index (κ1) is 14.5. The first-order chi connectivity index (χ1) is 9.55. The molecular weight excluding hydrogens is 260 g/mol. The highest BCUT2D eigenvalue weighted by Gasteiger charge is 2.21. The van der Waals surface area contributed by atoms with E-state index in [-0.39, 0.29) is 17.9 Å². The van der Waals surface area contributed by atoms with Crippen LogP contribution in [0.2, 0.25) is 0 Å². The molecule has 1 aliphatic rings. The Kier molecular flexibility index (Phi) is 4.36. The molecule has 1 atom stereocenters. The van der Waals surface area contributed by atoms with Crippen LogP contribution in [-0.4, -0.2) is 38.4 Å². The molecule has 0 bridgehead atoms. The van der Waals surface area contributed by atoms with Crippen molar-refractivity contribution in [2.45, 2.75) is 25.7 Å². The molecule has 0 fully saturated rings. The van der Waals surface area contributed by atoms with E-state index in [0.717, 1.165) is 5.56 Å². The lowest BCUT2D eigenvalue weighted by atomic mass is 10.1. The molecule has 2 rings (SSSR count). The van der Waals surface area contributed by atoms with Crippen LogP contribution in [-0.2, 0) is 20.7 Å². The van der Waals surface area contributed by atoms with Crippen LogP contribution in [0.5, 0.6) is 0 Å². The zero-order valence-electron chi connectivity index (χ0n) is 11.7. The van der Waals surface area contributed by atoms with Crippen molar-refractivity contribution in [1.29, 1.82) is 0 Å². The summed E-state index contributed by atoms with van der Waals surface area (Å²) >= 11 is 0. The van der Waals surface area contributed by atoms with Gasteiger partial charge in [-0.1, -0.05) is 6.07 Å². The van der Waals surface area contributed by atoms with Gasteiger partial charge in [-0.25, -0.2) is 0 Å². The van der Waals surface area contributed by atoms with Gasteiger partial charge in [0.15, 0.2) is 6.29 Å². The lowest BCUT2D eigenvalue weighted by molar-refractivity contribution is -0.117. The van der Waals surface area contributed by atoms with Crippen molar-refractivity contribution in [3.63, 3.8) is 0 Å². The first-order valence-electron chi connectivity index (χ1n) is 6.34. The second kappa shape index (κ2) is 6.02. The number of carbonyl (C=O) groups is 2. The van der Waals surface area contributed by atoms with E-state index in [0.29, 0.717) is 17.7 Å². The van der Waals surface area contributed by atoms with Gasteiger partial charge in [0.25, 0.3) is 5.91 Å². The minimum absolute atomic E-state index is 0.0512. The summed E-state index contributed by atoms with van der Waals surface area (Å²) in [6.45, 7) is 1.80. The highest BCUT2D eigenvalue weighted by atomic mass is 16.7. The molecule has 0 radical (unpaired) electrons. The number of ether oxygens (including phenoxy) is 2. The van der Waals surface area contributed by atoms with E-state index < -0.39 is 6.29 Å². The third kappa shape index (κ3) is 2.97. The fourth-order valence-corrected chi connectivity index (χ4v) is 2.22. The molecule has 0 aliphatic carbocycles. The SMILES string of the molecule is COC(OC)C(C)NC(=O)c1ccc2c(c1)NC(=O)C2. The van der Waals surface area contributed by atoms with E-state index in [1.54, 1.807) is 25.1 Å². The molecule has 6 heteroatoms. The number of benzene rings is 1. The molecule has 0 aromatic heterocycles. The Hall–Kier alpha value is -1.92. The molecule has 2 amide bonds. The van der Waals surface area contributed by atoms with Crippen molar-refractivity contribution in [1.82, 2.24) is 5.32 Å². The highest BCUT2D eigenvalue weighted by molar-refractivity contribution is 6.02. The lowest BCUT2D eigenvalue weighted by Crippen LogP contribution is -2.42. The first-order valence-corrected chi connectivity index (χ1v) is 6.34. The van der Waals surface area contributed by atoms with E-state index in [2.05, 4.69) is 10.6 Å². The number of carbonyl (C=O) groups excluding carboxylic acids is 2. The van der Waals surface area contributed by atoms with E-state index in [9.17, 15) is 9.59 Å². The Morgan fingerprint density at radius 1 is 1.35 bits per heavy atom. The van der Waals surface area contributed by atoms with Crippen LogP contribution in [0.15, 0.2) is 18.2 Å². The second-order valence-electron chi connectivity index (χ2n) is 4.70. The van der Waals surface area contributed by atoms with Crippen molar-refractivity contribution < 1.29 is 19.1 Å². The number of anilines is 1. The average Bonchev–Trinajstić information content (AvgIpc) is 2.78. The van der Waals surface area contributed by atoms with E-state index in [1.807, 2.05) is 0 Å². The number of methoxy groups -OCH3 is 2. The standard InChI is InChI=1S/C14H18N2O4/c1-8(14(19-2)20-3)15-13(18)10-5-4-9-7-12(17)16-11(9)6-10/h4-6,8,14H,7H2,1-3H3,(H,15,18)(H,16,17). The maximum Gasteiger partial charge on any atom is 0.251 e. The van der Waals surface area contributed by atoms with Gasteiger partial charge in [0.1, 0.15) is 0 Å². The van der Waals surface area contributed by atoms with Gasteiger partial charge in [-0.15, -0.1) is 0 Å². The van der Waals surface area contributed by atoms with E-state index >= 15 is 0 Å². The zero-order valence-corrected chi connectivity index (χ0v) is 11.7. The molecule has 20 heavy (non-hydrogen) atoms. The van der Waals surface area contributed by atoms with Crippen molar-refractivity contribution in [3.05, 3.63) is 29.3 Å². The van der Waals surface area contributed by atoms with E-state index in [4.69, 9.17) is 9.47 Å². The number of fused-ring (bicyclic) bond motifs is 1. The van der Waals surface area contributed by atoms with Gasteiger partial charge in [0, 0.05) is 25.5 Å². The summed E-state index contributed by atoms with van der Waals surface area (Å²) in [5.41, 5.74) is 2.10. The summed E-state index contributed by atoms with van der Waals surface area (Å²) in [5, 5.41) is 5.52. The summed E-state index contributed by atoms with van der Waals surface area (Å²) in [7, 11) is 3.03. The van der Waals surface area contributed by atoms with Gasteiger partial charge in [0.2, 0.25) is 5.91 Å². The quantitative estimate of drug-likeness (QED) is 0.785. The maximum absolute atomic E-state index is 12.1. The monoisotopic (exact) mass is 278 g/mol. The molecule has 1 aromatic carbocycles. The minimum atomic E-state index is -0.506. The van der Waals surface area contributed by atoms with Crippen LogP contribution in [0.25, 0.3) is 0 Å². The molecule has 1 aromatic rings. The van der Waals surface area contributed by atoms with Crippen molar-refractivity contribution in [2.24, 2.45) is 0 Å². The summed E-state index contributed by atoms with van der Waals surface area (Å²) < 4.78 is 10.2. The van der Waals surface area contributed by atoms with Gasteiger partial charge >= 0.3 is 0 Å². The minimum Gasteiger partial charge on any atom is -0.354 e. The third-order valence-electron chi connectivity index (χ3n) is 3.23. The molecule has 1 unspecified atom stereocenters. The van der Waals surface area contributed by atoms with Crippen LogP contribution in [0.3, 0.4) is 0 Å². The predicted molar refractivity (Wildman–Crippen MR) is 73.5 cm³/mol. The average molecular weight is 278 g/mol. The molecule has 1 heterocycles. The van der Waals surface area contributed by atoms with E-state index in [1.165, 1.54) is 14.2 Å². The Bertz CT molecular complexity index is 526. The number of amides is 2. The Labute approximate surface area is 117 Å². The van der Waals surface area contributed by atoms with Crippen LogP contribution >= 0.6 is 0 Å². The summed E-state index contributed by atoms with van der Waals surface area (Å²) in [4.78, 5) is 23.4. The zero-order chi connectivity index (χ0) is 14.7. The van der Waals surface area contributed by atoms with Gasteiger partial charge in [-0.3, -0.25) is 9.59 Å². The predicted octanol–water partition coefficient (Wildman–Crippen LogP) is 0.918. The summed E-state index contributed by atoms with van der Waals surface area (Å²) in [6.07, 6.45) is -0.142. The number of rotatable bonds is 5. The molecule has 0 saturated carbocycles. The van der Waals surface area contributed by atoms with Gasteiger partial charge in [-0.05, 0) is 24.6 Å². The van der Waals surface area contributed by atoms with Crippen molar-refractivity contribution >= 4 is 17.5 Å². The normalized spacial score (nSPS) is 14.9. The van der Waals surface area contributed by atoms with Crippen LogP contribution < -0.4 is 10.6 Å². The molecule has 2 N–H and O–H groups in total. The smallest absolute Gasteiger partial charge is 0.251 e. The topological polar surface area (TPSA) is 76.7 Å². The lowest BCUT2D eigenvalue weighted by Gasteiger charge is -2.22. The second-order valence-corrected chi connectivity index (χ2v) is 4.70. The van der Waals surface area contributed by atoms with Gasteiger partial charge in [0.05, 0.1) is 12.5 Å². The van der Waals surface area contributed by atoms with Crippen LogP contribution in [0.4, 0.5) is 5.69 Å². The Morgan fingerprint density at radius 3 is 2.70 bits per heavy atom. The van der Waals surface area contributed by atoms with Crippen molar-refractivity contribution in [2.75, 3.05) is 19.5 Å².